The van der Waals surface area contributed by atoms with E-state index in [-0.39, 0.29) is 5.54 Å². The molecular formula is C17H22N2. The Bertz CT molecular complexity index is 636. The second kappa shape index (κ2) is 4.31. The van der Waals surface area contributed by atoms with E-state index >= 15 is 0 Å². The molecule has 1 aromatic heterocycles. The highest BCUT2D eigenvalue weighted by atomic mass is 14.8. The van der Waals surface area contributed by atoms with Crippen LogP contribution in [-0.4, -0.2) is 4.98 Å². The van der Waals surface area contributed by atoms with Crippen LogP contribution in [0, 0.1) is 0 Å². The van der Waals surface area contributed by atoms with Crippen molar-refractivity contribution in [1.29, 1.82) is 0 Å². The van der Waals surface area contributed by atoms with E-state index in [4.69, 9.17) is 10.7 Å². The molecule has 1 aliphatic rings. The fourth-order valence-corrected chi connectivity index (χ4v) is 3.36. The number of hydrogen-bond donors (Lipinski definition) is 1. The zero-order valence-corrected chi connectivity index (χ0v) is 12.1. The zero-order valence-electron chi connectivity index (χ0n) is 12.1. The van der Waals surface area contributed by atoms with E-state index in [1.807, 2.05) is 0 Å². The first-order valence-corrected chi connectivity index (χ1v) is 7.25. The van der Waals surface area contributed by atoms with E-state index < -0.39 is 0 Å². The maximum absolute atomic E-state index is 6.46. The van der Waals surface area contributed by atoms with Gasteiger partial charge in [-0.2, -0.15) is 0 Å². The summed E-state index contributed by atoms with van der Waals surface area (Å²) in [6.07, 6.45) is 4.47. The zero-order chi connectivity index (χ0) is 13.6. The van der Waals surface area contributed by atoms with Gasteiger partial charge in [0.25, 0.3) is 0 Å². The summed E-state index contributed by atoms with van der Waals surface area (Å²) in [6, 6.07) is 6.51. The second-order valence-corrected chi connectivity index (χ2v) is 6.15. The van der Waals surface area contributed by atoms with Crippen LogP contribution in [0.2, 0.25) is 0 Å². The molecule has 0 amide bonds. The van der Waals surface area contributed by atoms with Crippen LogP contribution in [0.5, 0.6) is 0 Å². The number of aromatic nitrogens is 1. The highest BCUT2D eigenvalue weighted by molar-refractivity contribution is 5.87. The summed E-state index contributed by atoms with van der Waals surface area (Å²) in [4.78, 5) is 4.95. The Morgan fingerprint density at radius 2 is 2.05 bits per heavy atom. The molecule has 2 N–H and O–H groups in total. The van der Waals surface area contributed by atoms with E-state index in [0.29, 0.717) is 0 Å². The van der Waals surface area contributed by atoms with Crippen LogP contribution in [0.4, 0.5) is 0 Å². The molecule has 100 valence electrons. The van der Waals surface area contributed by atoms with Crippen LogP contribution in [0.1, 0.15) is 49.6 Å². The minimum atomic E-state index is -0.304. The summed E-state index contributed by atoms with van der Waals surface area (Å²) >= 11 is 0. The van der Waals surface area contributed by atoms with Crippen molar-refractivity contribution in [1.82, 2.24) is 4.98 Å². The number of pyridine rings is 1. The van der Waals surface area contributed by atoms with Crippen molar-refractivity contribution in [3.8, 4) is 0 Å². The van der Waals surface area contributed by atoms with Crippen molar-refractivity contribution in [2.75, 3.05) is 0 Å². The lowest BCUT2D eigenvalue weighted by Crippen LogP contribution is -2.30. The van der Waals surface area contributed by atoms with Gasteiger partial charge in [0.1, 0.15) is 0 Å². The third-order valence-corrected chi connectivity index (χ3v) is 4.15. The van der Waals surface area contributed by atoms with Gasteiger partial charge < -0.3 is 5.73 Å². The summed E-state index contributed by atoms with van der Waals surface area (Å²) in [5, 5.41) is 1.26. The normalized spacial score (nSPS) is 14.9. The molecule has 0 fully saturated rings. The van der Waals surface area contributed by atoms with Crippen LogP contribution in [0.25, 0.3) is 10.9 Å². The third-order valence-electron chi connectivity index (χ3n) is 4.15. The Labute approximate surface area is 115 Å². The van der Waals surface area contributed by atoms with E-state index in [1.54, 1.807) is 0 Å². The maximum atomic E-state index is 6.46. The molecule has 1 heterocycles. The molecule has 2 nitrogen and oxygen atoms in total. The lowest BCUT2D eigenvalue weighted by atomic mass is 9.86. The Balaban J connectivity index is 2.44. The number of nitrogens with zero attached hydrogens (tertiary/aromatic N) is 1. The molecule has 19 heavy (non-hydrogen) atoms. The van der Waals surface area contributed by atoms with E-state index in [0.717, 1.165) is 19.3 Å². The Morgan fingerprint density at radius 1 is 1.26 bits per heavy atom. The first-order chi connectivity index (χ1) is 9.02. The average Bonchev–Trinajstić information content (AvgIpc) is 2.80. The maximum Gasteiger partial charge on any atom is 0.0740 e. The molecule has 0 spiro atoms. The molecule has 0 aliphatic heterocycles. The average molecular weight is 254 g/mol. The number of para-hydroxylation sites is 1. The largest absolute Gasteiger partial charge is 0.322 e. The first-order valence-electron chi connectivity index (χ1n) is 7.25. The molecule has 2 heteroatoms. The van der Waals surface area contributed by atoms with Crippen LogP contribution in [-0.2, 0) is 24.8 Å². The Kier molecular flexibility index (Phi) is 2.86. The van der Waals surface area contributed by atoms with Gasteiger partial charge >= 0.3 is 0 Å². The first kappa shape index (κ1) is 12.6. The van der Waals surface area contributed by atoms with Gasteiger partial charge in [0.05, 0.1) is 5.52 Å². The molecule has 0 unspecified atom stereocenters. The summed E-state index contributed by atoms with van der Waals surface area (Å²) in [7, 11) is 0. The summed E-state index contributed by atoms with van der Waals surface area (Å²) in [6.45, 7) is 6.41. The molecule has 0 saturated carbocycles. The van der Waals surface area contributed by atoms with Crippen molar-refractivity contribution in [2.45, 2.75) is 52.0 Å². The number of hydrogen-bond acceptors (Lipinski definition) is 2. The number of aryl methyl sites for hydroxylation is 2. The number of rotatable bonds is 2. The molecule has 0 atom stereocenters. The lowest BCUT2D eigenvalue weighted by Gasteiger charge is -2.25. The van der Waals surface area contributed by atoms with Gasteiger partial charge in [0, 0.05) is 16.6 Å². The minimum absolute atomic E-state index is 0.304. The van der Waals surface area contributed by atoms with Crippen molar-refractivity contribution in [2.24, 2.45) is 5.73 Å². The minimum Gasteiger partial charge on any atom is -0.322 e. The van der Waals surface area contributed by atoms with Crippen LogP contribution in [0.15, 0.2) is 18.2 Å². The molecule has 1 aromatic carbocycles. The van der Waals surface area contributed by atoms with Crippen molar-refractivity contribution in [3.63, 3.8) is 0 Å². The topological polar surface area (TPSA) is 38.9 Å². The monoisotopic (exact) mass is 254 g/mol. The lowest BCUT2D eigenvalue weighted by molar-refractivity contribution is 0.553. The highest BCUT2D eigenvalue weighted by Crippen LogP contribution is 2.36. The van der Waals surface area contributed by atoms with Gasteiger partial charge in [0.2, 0.25) is 0 Å². The SMILES string of the molecule is CCc1cccc2c(C(C)(C)N)c3c(nc12)CCC3. The summed E-state index contributed by atoms with van der Waals surface area (Å²) in [5.41, 5.74) is 12.7. The molecule has 3 rings (SSSR count). The second-order valence-electron chi connectivity index (χ2n) is 6.15. The van der Waals surface area contributed by atoms with Gasteiger partial charge in [-0.15, -0.1) is 0 Å². The molecule has 0 radical (unpaired) electrons. The fraction of sp³-hybridized carbons (Fsp3) is 0.471. The van der Waals surface area contributed by atoms with E-state index in [2.05, 4.69) is 39.0 Å². The van der Waals surface area contributed by atoms with Crippen LogP contribution in [0.3, 0.4) is 0 Å². The highest BCUT2D eigenvalue weighted by Gasteiger charge is 2.27. The Morgan fingerprint density at radius 3 is 2.74 bits per heavy atom. The van der Waals surface area contributed by atoms with Gasteiger partial charge in [-0.1, -0.05) is 25.1 Å². The van der Waals surface area contributed by atoms with Crippen molar-refractivity contribution in [3.05, 3.63) is 40.6 Å². The molecule has 2 aromatic rings. The van der Waals surface area contributed by atoms with E-state index in [9.17, 15) is 0 Å². The Hall–Kier alpha value is -1.41. The van der Waals surface area contributed by atoms with Gasteiger partial charge in [-0.05, 0) is 56.2 Å². The van der Waals surface area contributed by atoms with Gasteiger partial charge in [-0.3, -0.25) is 4.98 Å². The summed E-state index contributed by atoms with van der Waals surface area (Å²) < 4.78 is 0. The number of nitrogens with two attached hydrogens (primary N) is 1. The standard InChI is InChI=1S/C17H22N2/c1-4-11-7-5-9-13-15(17(2,3)18)12-8-6-10-14(12)19-16(11)13/h5,7,9H,4,6,8,10,18H2,1-3H3. The molecule has 1 aliphatic carbocycles. The fourth-order valence-electron chi connectivity index (χ4n) is 3.36. The van der Waals surface area contributed by atoms with Crippen LogP contribution >= 0.6 is 0 Å². The predicted octanol–water partition coefficient (Wildman–Crippen LogP) is 3.48. The quantitative estimate of drug-likeness (QED) is 0.891. The van der Waals surface area contributed by atoms with E-state index in [1.165, 1.54) is 39.7 Å². The molecular weight excluding hydrogens is 232 g/mol. The van der Waals surface area contributed by atoms with Gasteiger partial charge in [0.15, 0.2) is 0 Å². The van der Waals surface area contributed by atoms with Crippen molar-refractivity contribution >= 4 is 10.9 Å². The predicted molar refractivity (Wildman–Crippen MR) is 80.4 cm³/mol. The molecule has 0 saturated heterocycles. The smallest absolute Gasteiger partial charge is 0.0740 e. The van der Waals surface area contributed by atoms with Crippen LogP contribution < -0.4 is 5.73 Å². The number of benzene rings is 1. The number of fused-ring (bicyclic) bond motifs is 2. The third kappa shape index (κ3) is 1.95. The van der Waals surface area contributed by atoms with Crippen molar-refractivity contribution < 1.29 is 0 Å². The summed E-state index contributed by atoms with van der Waals surface area (Å²) in [5.74, 6) is 0. The molecule has 0 bridgehead atoms. The van der Waals surface area contributed by atoms with Gasteiger partial charge in [-0.25, -0.2) is 0 Å².